The Labute approximate surface area is 391 Å². The Morgan fingerprint density at radius 3 is 2.15 bits per heavy atom. The molecule has 14 heteroatoms. The maximum Gasteiger partial charge on any atom is 0.329 e. The standard InChI is InChI=1S/C53H58N4O10/c1-34(2)43(49(61)65-3)54-52(64)56-41-26-25-35(18-13-16-29-58)32-40(41)53(51(56)63)42(48(60)55-27-14-5-4-6-15-28-55)45-50(62)67-46(37-21-11-8-12-22-37)44(36-19-9-7-10-20-36)57(45)47(53)38-23-17-24-39(33-38)66-31-30-59/h7-12,17,19-26,32-34,42-47,58-59H,4-6,14-16,27-31H2,1-3H3,(H,54,64)/t42-,43+,44-,45-,46+,47+,53-/m1/s1. The Kier molecular flexibility index (Phi) is 14.4. The predicted molar refractivity (Wildman–Crippen MR) is 248 cm³/mol. The van der Waals surface area contributed by atoms with Crippen LogP contribution in [0.1, 0.15) is 98.4 Å². The van der Waals surface area contributed by atoms with Crippen molar-refractivity contribution in [2.75, 3.05) is 44.9 Å². The SMILES string of the molecule is COC(=O)[C@@H](NC(=O)N1C(=O)[C@@]2(c3cc(C#CCCO)ccc31)[C@H](c1cccc(OCCO)c1)N1[C@H](c3ccccc3)[C@H](c3ccccc3)OC(=O)[C@H]1[C@@H]2C(=O)N1CCCCCCC1)C(C)C. The Balaban J connectivity index is 1.47. The number of urea groups is 1. The molecule has 0 unspecified atom stereocenters. The summed E-state index contributed by atoms with van der Waals surface area (Å²) >= 11 is 0. The Hall–Kier alpha value is -6.53. The van der Waals surface area contributed by atoms with Crippen LogP contribution >= 0.6 is 0 Å². The van der Waals surface area contributed by atoms with E-state index in [9.17, 15) is 15.0 Å². The molecule has 0 aliphatic carbocycles. The van der Waals surface area contributed by atoms with Gasteiger partial charge in [-0.15, -0.1) is 0 Å². The molecule has 8 rings (SSSR count). The molecule has 4 aromatic rings. The normalized spacial score (nSPS) is 24.1. The number of nitrogens with zero attached hydrogens (tertiary/aromatic N) is 3. The molecule has 7 atom stereocenters. The molecule has 4 aliphatic heterocycles. The number of benzene rings is 4. The number of cyclic esters (lactones) is 1. The Morgan fingerprint density at radius 1 is 0.821 bits per heavy atom. The van der Waals surface area contributed by atoms with Crippen molar-refractivity contribution in [2.45, 2.75) is 88.1 Å². The lowest BCUT2D eigenvalue weighted by molar-refractivity contribution is -0.179. The van der Waals surface area contributed by atoms with Crippen molar-refractivity contribution in [3.05, 3.63) is 131 Å². The van der Waals surface area contributed by atoms with Gasteiger partial charge >= 0.3 is 18.0 Å². The number of likely N-dealkylation sites (tertiary alicyclic amines) is 1. The van der Waals surface area contributed by atoms with E-state index in [1.165, 1.54) is 7.11 Å². The van der Waals surface area contributed by atoms with Crippen LogP contribution in [0.4, 0.5) is 10.5 Å². The number of rotatable bonds is 11. The van der Waals surface area contributed by atoms with Gasteiger partial charge in [-0.2, -0.15) is 0 Å². The number of morpholine rings is 1. The highest BCUT2D eigenvalue weighted by Gasteiger charge is 2.76. The molecular weight excluding hydrogens is 853 g/mol. The van der Waals surface area contributed by atoms with Gasteiger partial charge in [-0.3, -0.25) is 19.3 Å². The molecule has 4 aromatic carbocycles. The largest absolute Gasteiger partial charge is 0.491 e. The zero-order valence-corrected chi connectivity index (χ0v) is 38.1. The molecule has 0 radical (unpaired) electrons. The fourth-order valence-corrected chi connectivity index (χ4v) is 10.6. The van der Waals surface area contributed by atoms with Gasteiger partial charge in [0.05, 0.1) is 44.0 Å². The molecular formula is C53H58N4O10. The lowest BCUT2D eigenvalue weighted by atomic mass is 9.64. The molecule has 4 amide bonds. The summed E-state index contributed by atoms with van der Waals surface area (Å²) in [6, 6.07) is 25.6. The van der Waals surface area contributed by atoms with Crippen molar-refractivity contribution >= 4 is 35.5 Å². The highest BCUT2D eigenvalue weighted by molar-refractivity contribution is 6.25. The monoisotopic (exact) mass is 910 g/mol. The molecule has 350 valence electrons. The van der Waals surface area contributed by atoms with Crippen LogP contribution < -0.4 is 15.0 Å². The van der Waals surface area contributed by atoms with E-state index in [4.69, 9.17) is 14.2 Å². The first kappa shape index (κ1) is 47.0. The second-order valence-electron chi connectivity index (χ2n) is 17.8. The fourth-order valence-electron chi connectivity index (χ4n) is 10.6. The van der Waals surface area contributed by atoms with Gasteiger partial charge in [0.1, 0.15) is 36.0 Å². The first-order valence-corrected chi connectivity index (χ1v) is 23.2. The van der Waals surface area contributed by atoms with Crippen LogP contribution in [0.3, 0.4) is 0 Å². The Morgan fingerprint density at radius 2 is 1.49 bits per heavy atom. The van der Waals surface area contributed by atoms with Crippen LogP contribution in [-0.2, 0) is 34.1 Å². The summed E-state index contributed by atoms with van der Waals surface area (Å²) in [4.78, 5) is 81.3. The zero-order chi connectivity index (χ0) is 47.2. The number of ether oxygens (including phenoxy) is 3. The number of methoxy groups -OCH3 is 1. The number of esters is 2. The van der Waals surface area contributed by atoms with Crippen LogP contribution in [0.2, 0.25) is 0 Å². The van der Waals surface area contributed by atoms with Crippen molar-refractivity contribution in [2.24, 2.45) is 11.8 Å². The summed E-state index contributed by atoms with van der Waals surface area (Å²) in [5.74, 6) is 1.91. The van der Waals surface area contributed by atoms with E-state index >= 15 is 19.2 Å². The van der Waals surface area contributed by atoms with Crippen LogP contribution in [0, 0.1) is 23.7 Å². The fraction of sp³-hybridized carbons (Fsp3) is 0.415. The van der Waals surface area contributed by atoms with Crippen molar-refractivity contribution in [1.29, 1.82) is 0 Å². The number of carbonyl (C=O) groups excluding carboxylic acids is 5. The minimum Gasteiger partial charge on any atom is -0.491 e. The van der Waals surface area contributed by atoms with Crippen molar-refractivity contribution in [3.63, 3.8) is 0 Å². The molecule has 3 saturated heterocycles. The number of anilines is 1. The lowest BCUT2D eigenvalue weighted by Crippen LogP contribution is -2.58. The minimum atomic E-state index is -2.04. The number of hydrogen-bond acceptors (Lipinski definition) is 11. The van der Waals surface area contributed by atoms with E-state index in [2.05, 4.69) is 17.2 Å². The van der Waals surface area contributed by atoms with E-state index in [-0.39, 0.29) is 37.5 Å². The van der Waals surface area contributed by atoms with Gasteiger partial charge in [-0.1, -0.05) is 118 Å². The highest BCUT2D eigenvalue weighted by Crippen LogP contribution is 2.66. The van der Waals surface area contributed by atoms with E-state index in [1.807, 2.05) is 71.6 Å². The van der Waals surface area contributed by atoms with Gasteiger partial charge in [0.15, 0.2) is 0 Å². The lowest BCUT2D eigenvalue weighted by Gasteiger charge is -2.46. The highest BCUT2D eigenvalue weighted by atomic mass is 16.6. The van der Waals surface area contributed by atoms with Gasteiger partial charge in [0.25, 0.3) is 0 Å². The molecule has 0 saturated carbocycles. The third-order valence-electron chi connectivity index (χ3n) is 13.5. The van der Waals surface area contributed by atoms with Crippen molar-refractivity contribution in [3.8, 4) is 17.6 Å². The second-order valence-corrected chi connectivity index (χ2v) is 17.8. The van der Waals surface area contributed by atoms with E-state index in [0.717, 1.165) is 29.7 Å². The van der Waals surface area contributed by atoms with E-state index < -0.39 is 77.3 Å². The predicted octanol–water partition coefficient (Wildman–Crippen LogP) is 6.16. The average Bonchev–Trinajstić information content (AvgIpc) is 3.79. The number of nitrogens with one attached hydrogen (secondary N) is 1. The maximum atomic E-state index is 16.7. The van der Waals surface area contributed by atoms with Crippen molar-refractivity contribution in [1.82, 2.24) is 15.1 Å². The third kappa shape index (κ3) is 8.79. The molecule has 14 nitrogen and oxygen atoms in total. The molecule has 67 heavy (non-hydrogen) atoms. The summed E-state index contributed by atoms with van der Waals surface area (Å²) in [5, 5.41) is 22.3. The van der Waals surface area contributed by atoms with Crippen LogP contribution in [0.25, 0.3) is 0 Å². The molecule has 4 heterocycles. The first-order valence-electron chi connectivity index (χ1n) is 23.2. The third-order valence-corrected chi connectivity index (χ3v) is 13.5. The topological polar surface area (TPSA) is 175 Å². The summed E-state index contributed by atoms with van der Waals surface area (Å²) in [6.07, 6.45) is 3.50. The summed E-state index contributed by atoms with van der Waals surface area (Å²) in [6.45, 7) is 3.80. The maximum absolute atomic E-state index is 16.7. The quantitative estimate of drug-likeness (QED) is 0.116. The average molecular weight is 911 g/mol. The van der Waals surface area contributed by atoms with Crippen LogP contribution in [0.5, 0.6) is 5.75 Å². The number of aliphatic hydroxyl groups is 2. The van der Waals surface area contributed by atoms with E-state index in [0.29, 0.717) is 48.4 Å². The van der Waals surface area contributed by atoms with Crippen LogP contribution in [-0.4, -0.2) is 102 Å². The van der Waals surface area contributed by atoms with Gasteiger partial charge < -0.3 is 34.6 Å². The number of carbonyl (C=O) groups is 5. The first-order chi connectivity index (χ1) is 32.6. The van der Waals surface area contributed by atoms with Crippen molar-refractivity contribution < 1.29 is 48.4 Å². The van der Waals surface area contributed by atoms with Gasteiger partial charge in [-0.25, -0.2) is 14.5 Å². The van der Waals surface area contributed by atoms with Gasteiger partial charge in [0, 0.05) is 25.1 Å². The Bertz CT molecular complexity index is 2520. The molecule has 4 aliphatic rings. The molecule has 1 spiro atoms. The van der Waals surface area contributed by atoms with Crippen LogP contribution in [0.15, 0.2) is 103 Å². The molecule has 0 aromatic heterocycles. The number of fused-ring (bicyclic) bond motifs is 3. The number of hydrogen-bond donors (Lipinski definition) is 3. The van der Waals surface area contributed by atoms with Gasteiger partial charge in [0.2, 0.25) is 11.8 Å². The number of imide groups is 1. The van der Waals surface area contributed by atoms with Gasteiger partial charge in [-0.05, 0) is 71.3 Å². The number of aliphatic hydroxyl groups excluding tert-OH is 2. The minimum absolute atomic E-state index is 0.0283. The zero-order valence-electron chi connectivity index (χ0n) is 38.1. The molecule has 3 N–H and O–H groups in total. The summed E-state index contributed by atoms with van der Waals surface area (Å²) in [7, 11) is 1.22. The second kappa shape index (κ2) is 20.5. The molecule has 0 bridgehead atoms. The smallest absolute Gasteiger partial charge is 0.329 e. The molecule has 3 fully saturated rings. The summed E-state index contributed by atoms with van der Waals surface area (Å²) < 4.78 is 17.7. The van der Waals surface area contributed by atoms with E-state index in [1.54, 1.807) is 55.1 Å². The summed E-state index contributed by atoms with van der Waals surface area (Å²) in [5.41, 5.74) is 0.776. The number of amides is 4.